The third kappa shape index (κ3) is 3.53. The lowest BCUT2D eigenvalue weighted by Crippen LogP contribution is -2.30. The van der Waals surface area contributed by atoms with E-state index in [9.17, 15) is 4.39 Å². The summed E-state index contributed by atoms with van der Waals surface area (Å²) < 4.78 is 18.0. The Bertz CT molecular complexity index is 213. The number of nitrogens with one attached hydrogen (secondary N) is 1. The highest BCUT2D eigenvalue weighted by Crippen LogP contribution is 2.06. The summed E-state index contributed by atoms with van der Waals surface area (Å²) in [6.07, 6.45) is 1.61. The van der Waals surface area contributed by atoms with Gasteiger partial charge in [-0.05, 0) is 26.0 Å². The van der Waals surface area contributed by atoms with Gasteiger partial charge in [0.25, 0.3) is 0 Å². The van der Waals surface area contributed by atoms with Crippen LogP contribution in [0.2, 0.25) is 0 Å². The molecule has 12 heavy (non-hydrogen) atoms. The number of alkyl halides is 1. The number of rotatable bonds is 4. The molecule has 1 aromatic rings. The molecular weight excluding hydrogens is 157 g/mol. The maximum Gasteiger partial charge on any atom is 0.117 e. The van der Waals surface area contributed by atoms with Crippen molar-refractivity contribution < 1.29 is 8.81 Å². The van der Waals surface area contributed by atoms with Crippen LogP contribution in [0.3, 0.4) is 0 Å². The zero-order valence-corrected chi connectivity index (χ0v) is 7.43. The summed E-state index contributed by atoms with van der Waals surface area (Å²) in [4.78, 5) is 0. The molecule has 0 atom stereocenters. The van der Waals surface area contributed by atoms with Crippen LogP contribution in [0.4, 0.5) is 4.39 Å². The first kappa shape index (κ1) is 9.26. The van der Waals surface area contributed by atoms with E-state index in [1.807, 2.05) is 12.1 Å². The standard InChI is InChI=1S/C9H14FNO/c1-9(2,10)7-11-6-8-4-3-5-12-8/h3-5,11H,6-7H2,1-2H3. The maximum atomic E-state index is 12.9. The summed E-state index contributed by atoms with van der Waals surface area (Å²) >= 11 is 0. The van der Waals surface area contributed by atoms with E-state index in [0.717, 1.165) is 5.76 Å². The fourth-order valence-electron chi connectivity index (χ4n) is 0.896. The van der Waals surface area contributed by atoms with Gasteiger partial charge in [0.15, 0.2) is 0 Å². The third-order valence-corrected chi connectivity index (χ3v) is 1.42. The Morgan fingerprint density at radius 2 is 2.33 bits per heavy atom. The van der Waals surface area contributed by atoms with E-state index in [1.54, 1.807) is 20.1 Å². The molecule has 0 amide bonds. The van der Waals surface area contributed by atoms with Crippen LogP contribution in [0.25, 0.3) is 0 Å². The van der Waals surface area contributed by atoms with Gasteiger partial charge in [-0.3, -0.25) is 0 Å². The molecular formula is C9H14FNO. The topological polar surface area (TPSA) is 25.2 Å². The lowest BCUT2D eigenvalue weighted by atomic mass is 10.2. The fraction of sp³-hybridized carbons (Fsp3) is 0.556. The number of furan rings is 1. The lowest BCUT2D eigenvalue weighted by molar-refractivity contribution is 0.208. The Kier molecular flexibility index (Phi) is 2.87. The summed E-state index contributed by atoms with van der Waals surface area (Å²) in [7, 11) is 0. The molecule has 1 rings (SSSR count). The molecule has 1 aromatic heterocycles. The van der Waals surface area contributed by atoms with Crippen molar-refractivity contribution in [2.24, 2.45) is 0 Å². The summed E-state index contributed by atoms with van der Waals surface area (Å²) in [5, 5.41) is 2.96. The SMILES string of the molecule is CC(C)(F)CNCc1ccco1. The molecule has 0 saturated heterocycles. The predicted octanol–water partition coefficient (Wildman–Crippen LogP) is 2.12. The largest absolute Gasteiger partial charge is 0.468 e. The van der Waals surface area contributed by atoms with Crippen LogP contribution >= 0.6 is 0 Å². The van der Waals surface area contributed by atoms with Crippen molar-refractivity contribution in [1.29, 1.82) is 0 Å². The molecule has 68 valence electrons. The van der Waals surface area contributed by atoms with Crippen LogP contribution in [0.5, 0.6) is 0 Å². The van der Waals surface area contributed by atoms with Gasteiger partial charge in [-0.2, -0.15) is 0 Å². The van der Waals surface area contributed by atoms with Gasteiger partial charge >= 0.3 is 0 Å². The Labute approximate surface area is 71.8 Å². The van der Waals surface area contributed by atoms with Crippen LogP contribution in [-0.4, -0.2) is 12.2 Å². The lowest BCUT2D eigenvalue weighted by Gasteiger charge is -2.13. The van der Waals surface area contributed by atoms with Gasteiger partial charge in [0.1, 0.15) is 11.4 Å². The van der Waals surface area contributed by atoms with Crippen molar-refractivity contribution in [2.45, 2.75) is 26.1 Å². The summed E-state index contributed by atoms with van der Waals surface area (Å²) in [5.74, 6) is 0.833. The van der Waals surface area contributed by atoms with E-state index in [-0.39, 0.29) is 0 Å². The van der Waals surface area contributed by atoms with Crippen LogP contribution < -0.4 is 5.32 Å². The van der Waals surface area contributed by atoms with Gasteiger partial charge in [-0.25, -0.2) is 4.39 Å². The summed E-state index contributed by atoms with van der Waals surface area (Å²) in [6.45, 7) is 4.01. The summed E-state index contributed by atoms with van der Waals surface area (Å²) in [6, 6.07) is 3.68. The minimum absolute atomic E-state index is 0.341. The van der Waals surface area contributed by atoms with E-state index in [0.29, 0.717) is 13.1 Å². The van der Waals surface area contributed by atoms with Crippen molar-refractivity contribution in [3.05, 3.63) is 24.2 Å². The molecule has 3 heteroatoms. The highest BCUT2D eigenvalue weighted by molar-refractivity contribution is 4.97. The first-order chi connectivity index (χ1) is 5.58. The van der Waals surface area contributed by atoms with E-state index >= 15 is 0 Å². The normalized spacial score (nSPS) is 11.9. The number of hydrogen-bond donors (Lipinski definition) is 1. The van der Waals surface area contributed by atoms with E-state index in [2.05, 4.69) is 5.32 Å². The van der Waals surface area contributed by atoms with Crippen LogP contribution in [-0.2, 0) is 6.54 Å². The molecule has 0 spiro atoms. The second kappa shape index (κ2) is 3.72. The highest BCUT2D eigenvalue weighted by Gasteiger charge is 2.14. The Morgan fingerprint density at radius 3 is 2.83 bits per heavy atom. The van der Waals surface area contributed by atoms with Crippen molar-refractivity contribution in [1.82, 2.24) is 5.32 Å². The zero-order chi connectivity index (χ0) is 9.03. The quantitative estimate of drug-likeness (QED) is 0.750. The third-order valence-electron chi connectivity index (χ3n) is 1.42. The van der Waals surface area contributed by atoms with Crippen LogP contribution in [0, 0.1) is 0 Å². The average molecular weight is 171 g/mol. The van der Waals surface area contributed by atoms with E-state index in [4.69, 9.17) is 4.42 Å². The van der Waals surface area contributed by atoms with Gasteiger partial charge in [0.2, 0.25) is 0 Å². The highest BCUT2D eigenvalue weighted by atomic mass is 19.1. The number of hydrogen-bond acceptors (Lipinski definition) is 2. The van der Waals surface area contributed by atoms with Crippen LogP contribution in [0.15, 0.2) is 22.8 Å². The zero-order valence-electron chi connectivity index (χ0n) is 7.43. The summed E-state index contributed by atoms with van der Waals surface area (Å²) in [5.41, 5.74) is -1.16. The van der Waals surface area contributed by atoms with Crippen molar-refractivity contribution in [3.8, 4) is 0 Å². The smallest absolute Gasteiger partial charge is 0.117 e. The van der Waals surface area contributed by atoms with Crippen molar-refractivity contribution >= 4 is 0 Å². The molecule has 0 saturated carbocycles. The molecule has 0 aliphatic rings. The van der Waals surface area contributed by atoms with E-state index < -0.39 is 5.67 Å². The predicted molar refractivity (Wildman–Crippen MR) is 45.6 cm³/mol. The molecule has 0 aromatic carbocycles. The Balaban J connectivity index is 2.20. The van der Waals surface area contributed by atoms with Crippen LogP contribution in [0.1, 0.15) is 19.6 Å². The molecule has 0 aliphatic carbocycles. The molecule has 1 N–H and O–H groups in total. The average Bonchev–Trinajstić information content (AvgIpc) is 2.36. The molecule has 1 heterocycles. The molecule has 0 aliphatic heterocycles. The van der Waals surface area contributed by atoms with Gasteiger partial charge in [0, 0.05) is 6.54 Å². The second-order valence-corrected chi connectivity index (χ2v) is 3.40. The Hall–Kier alpha value is -0.830. The van der Waals surface area contributed by atoms with Crippen molar-refractivity contribution in [3.63, 3.8) is 0 Å². The number of halogens is 1. The molecule has 0 unspecified atom stereocenters. The minimum Gasteiger partial charge on any atom is -0.468 e. The molecule has 0 radical (unpaired) electrons. The molecule has 0 fully saturated rings. The molecule has 2 nitrogen and oxygen atoms in total. The van der Waals surface area contributed by atoms with E-state index in [1.165, 1.54) is 0 Å². The molecule has 0 bridgehead atoms. The van der Waals surface area contributed by atoms with Gasteiger partial charge < -0.3 is 9.73 Å². The van der Waals surface area contributed by atoms with Gasteiger partial charge in [-0.1, -0.05) is 0 Å². The van der Waals surface area contributed by atoms with Gasteiger partial charge in [0.05, 0.1) is 12.8 Å². The fourth-order valence-corrected chi connectivity index (χ4v) is 0.896. The van der Waals surface area contributed by atoms with Gasteiger partial charge in [-0.15, -0.1) is 0 Å². The minimum atomic E-state index is -1.16. The monoisotopic (exact) mass is 171 g/mol. The Morgan fingerprint density at radius 1 is 1.58 bits per heavy atom. The second-order valence-electron chi connectivity index (χ2n) is 3.40. The first-order valence-corrected chi connectivity index (χ1v) is 4.00. The van der Waals surface area contributed by atoms with Crippen molar-refractivity contribution in [2.75, 3.05) is 6.54 Å². The first-order valence-electron chi connectivity index (χ1n) is 4.00. The maximum absolute atomic E-state index is 12.9.